The van der Waals surface area contributed by atoms with E-state index in [1.807, 2.05) is 13.0 Å². The maximum atomic E-state index is 11.9. The van der Waals surface area contributed by atoms with E-state index in [9.17, 15) is 4.79 Å². The van der Waals surface area contributed by atoms with Gasteiger partial charge in [0.15, 0.2) is 16.3 Å². The van der Waals surface area contributed by atoms with Gasteiger partial charge in [-0.05, 0) is 17.9 Å². The molecule has 1 aromatic carbocycles. The highest BCUT2D eigenvalue weighted by atomic mass is 35.5. The van der Waals surface area contributed by atoms with E-state index in [1.54, 1.807) is 16.7 Å². The number of benzene rings is 1. The van der Waals surface area contributed by atoms with Gasteiger partial charge in [-0.25, -0.2) is 9.97 Å². The quantitative estimate of drug-likeness (QED) is 0.741. The van der Waals surface area contributed by atoms with E-state index >= 15 is 0 Å². The smallest absolute Gasteiger partial charge is 0.278 e. The summed E-state index contributed by atoms with van der Waals surface area (Å²) in [5.74, 6) is 0.805. The Morgan fingerprint density at radius 2 is 2.19 bits per heavy atom. The molecule has 21 heavy (non-hydrogen) atoms. The van der Waals surface area contributed by atoms with E-state index in [1.165, 1.54) is 18.1 Å². The molecular weight excluding hydrogens is 331 g/mol. The highest BCUT2D eigenvalue weighted by Gasteiger charge is 2.18. The standard InChI is InChI=1S/C13H10Cl2N4OS/c1-2-21-13-18-10-11(16-6-17-12(10)20)19(13)8-5-3-4-7(14)9(8)15/h3-6H,2H2,1H3,(H,16,17,20). The average molecular weight is 341 g/mol. The molecule has 5 nitrogen and oxygen atoms in total. The van der Waals surface area contributed by atoms with E-state index in [2.05, 4.69) is 15.0 Å². The van der Waals surface area contributed by atoms with Crippen LogP contribution in [0, 0.1) is 0 Å². The molecule has 0 spiro atoms. The van der Waals surface area contributed by atoms with Gasteiger partial charge in [-0.1, -0.05) is 48.0 Å². The van der Waals surface area contributed by atoms with Crippen LogP contribution in [0.5, 0.6) is 0 Å². The first kappa shape index (κ1) is 14.4. The van der Waals surface area contributed by atoms with Crippen molar-refractivity contribution in [2.24, 2.45) is 0 Å². The van der Waals surface area contributed by atoms with Gasteiger partial charge in [0.1, 0.15) is 0 Å². The van der Waals surface area contributed by atoms with Crippen molar-refractivity contribution in [1.82, 2.24) is 19.5 Å². The largest absolute Gasteiger partial charge is 0.311 e. The van der Waals surface area contributed by atoms with Crippen molar-refractivity contribution in [2.75, 3.05) is 5.75 Å². The minimum absolute atomic E-state index is 0.282. The van der Waals surface area contributed by atoms with E-state index in [-0.39, 0.29) is 11.1 Å². The van der Waals surface area contributed by atoms with E-state index in [0.29, 0.717) is 26.5 Å². The molecule has 8 heteroatoms. The number of rotatable bonds is 3. The van der Waals surface area contributed by atoms with Crippen LogP contribution in [0.25, 0.3) is 16.9 Å². The third-order valence-corrected chi connectivity index (χ3v) is 4.50. The Balaban J connectivity index is 2.39. The number of fused-ring (bicyclic) bond motifs is 1. The van der Waals surface area contributed by atoms with Gasteiger partial charge in [-0.2, -0.15) is 0 Å². The first-order chi connectivity index (χ1) is 10.1. The van der Waals surface area contributed by atoms with Gasteiger partial charge in [0.2, 0.25) is 0 Å². The zero-order chi connectivity index (χ0) is 15.0. The summed E-state index contributed by atoms with van der Waals surface area (Å²) < 4.78 is 1.76. The number of nitrogens with zero attached hydrogens (tertiary/aromatic N) is 3. The summed E-state index contributed by atoms with van der Waals surface area (Å²) in [4.78, 5) is 23.0. The minimum atomic E-state index is -0.283. The number of nitrogens with one attached hydrogen (secondary N) is 1. The Labute approximate surface area is 134 Å². The molecule has 0 atom stereocenters. The number of aromatic amines is 1. The van der Waals surface area contributed by atoms with Gasteiger partial charge in [0.25, 0.3) is 5.56 Å². The fourth-order valence-electron chi connectivity index (χ4n) is 1.99. The van der Waals surface area contributed by atoms with Crippen molar-refractivity contribution >= 4 is 46.1 Å². The summed E-state index contributed by atoms with van der Waals surface area (Å²) in [5, 5.41) is 1.49. The predicted molar refractivity (Wildman–Crippen MR) is 85.9 cm³/mol. The lowest BCUT2D eigenvalue weighted by molar-refractivity contribution is 0.909. The second kappa shape index (κ2) is 5.71. The third-order valence-electron chi connectivity index (χ3n) is 2.87. The third kappa shape index (κ3) is 2.43. The molecular formula is C13H10Cl2N4OS. The van der Waals surface area contributed by atoms with Crippen molar-refractivity contribution in [1.29, 1.82) is 0 Å². The number of aromatic nitrogens is 4. The minimum Gasteiger partial charge on any atom is -0.311 e. The number of H-pyrrole nitrogens is 1. The molecule has 0 saturated carbocycles. The lowest BCUT2D eigenvalue weighted by Gasteiger charge is -2.10. The summed E-state index contributed by atoms with van der Waals surface area (Å²) >= 11 is 13.9. The van der Waals surface area contributed by atoms with Crippen LogP contribution < -0.4 is 5.56 Å². The molecule has 0 amide bonds. The molecule has 0 aliphatic heterocycles. The molecule has 2 heterocycles. The van der Waals surface area contributed by atoms with Gasteiger partial charge in [-0.15, -0.1) is 0 Å². The van der Waals surface area contributed by atoms with Crippen LogP contribution in [-0.2, 0) is 0 Å². The van der Waals surface area contributed by atoms with Crippen molar-refractivity contribution in [2.45, 2.75) is 12.1 Å². The normalized spacial score (nSPS) is 11.2. The lowest BCUT2D eigenvalue weighted by Crippen LogP contribution is -2.07. The maximum Gasteiger partial charge on any atom is 0.278 e. The molecule has 2 aromatic heterocycles. The molecule has 0 fully saturated rings. The van der Waals surface area contributed by atoms with E-state index in [0.717, 1.165) is 5.75 Å². The predicted octanol–water partition coefficient (Wildman–Crippen LogP) is 3.53. The van der Waals surface area contributed by atoms with Crippen molar-refractivity contribution in [3.8, 4) is 5.69 Å². The Hall–Kier alpha value is -1.50. The zero-order valence-electron chi connectivity index (χ0n) is 10.9. The SMILES string of the molecule is CCSc1nc2c(=O)[nH]cnc2n1-c1cccc(Cl)c1Cl. The Kier molecular flexibility index (Phi) is 3.93. The van der Waals surface area contributed by atoms with Gasteiger partial charge in [0, 0.05) is 0 Å². The van der Waals surface area contributed by atoms with Crippen LogP contribution in [0.3, 0.4) is 0 Å². The first-order valence-corrected chi connectivity index (χ1v) is 7.91. The zero-order valence-corrected chi connectivity index (χ0v) is 13.3. The summed E-state index contributed by atoms with van der Waals surface area (Å²) in [5.41, 5.74) is 1.11. The first-order valence-electron chi connectivity index (χ1n) is 6.16. The van der Waals surface area contributed by atoms with Crippen LogP contribution in [0.1, 0.15) is 6.92 Å². The van der Waals surface area contributed by atoms with Crippen molar-refractivity contribution < 1.29 is 0 Å². The Bertz CT molecular complexity index is 874. The number of imidazole rings is 1. The number of halogens is 2. The molecule has 3 rings (SSSR count). The summed E-state index contributed by atoms with van der Waals surface area (Å²) in [6, 6.07) is 5.32. The van der Waals surface area contributed by atoms with Gasteiger partial charge in [0.05, 0.1) is 22.1 Å². The fourth-order valence-corrected chi connectivity index (χ4v) is 3.10. The summed E-state index contributed by atoms with van der Waals surface area (Å²) in [6.45, 7) is 2.01. The maximum absolute atomic E-state index is 11.9. The molecule has 0 aliphatic carbocycles. The molecule has 0 radical (unpaired) electrons. The van der Waals surface area contributed by atoms with Crippen LogP contribution in [-0.4, -0.2) is 25.3 Å². The Morgan fingerprint density at radius 1 is 1.38 bits per heavy atom. The van der Waals surface area contributed by atoms with Crippen molar-refractivity contribution in [3.05, 3.63) is 44.9 Å². The second-order valence-electron chi connectivity index (χ2n) is 4.14. The molecule has 1 N–H and O–H groups in total. The monoisotopic (exact) mass is 340 g/mol. The summed E-state index contributed by atoms with van der Waals surface area (Å²) in [6.07, 6.45) is 1.35. The fraction of sp³-hybridized carbons (Fsp3) is 0.154. The van der Waals surface area contributed by atoms with Gasteiger partial charge < -0.3 is 4.98 Å². The number of hydrogen-bond donors (Lipinski definition) is 1. The molecule has 0 saturated heterocycles. The molecule has 0 bridgehead atoms. The summed E-state index contributed by atoms with van der Waals surface area (Å²) in [7, 11) is 0. The highest BCUT2D eigenvalue weighted by molar-refractivity contribution is 7.99. The molecule has 108 valence electrons. The average Bonchev–Trinajstić information content (AvgIpc) is 2.82. The molecule has 0 unspecified atom stereocenters. The van der Waals surface area contributed by atoms with E-state index < -0.39 is 0 Å². The van der Waals surface area contributed by atoms with Crippen molar-refractivity contribution in [3.63, 3.8) is 0 Å². The van der Waals surface area contributed by atoms with Crippen LogP contribution in [0.15, 0.2) is 34.5 Å². The topological polar surface area (TPSA) is 63.6 Å². The Morgan fingerprint density at radius 3 is 2.95 bits per heavy atom. The van der Waals surface area contributed by atoms with E-state index in [4.69, 9.17) is 23.2 Å². The lowest BCUT2D eigenvalue weighted by atomic mass is 10.3. The second-order valence-corrected chi connectivity index (χ2v) is 6.16. The molecule has 0 aliphatic rings. The van der Waals surface area contributed by atoms with Crippen LogP contribution >= 0.6 is 35.0 Å². The highest BCUT2D eigenvalue weighted by Crippen LogP contribution is 2.33. The van der Waals surface area contributed by atoms with Crippen LogP contribution in [0.2, 0.25) is 10.0 Å². The number of thioether (sulfide) groups is 1. The number of hydrogen-bond acceptors (Lipinski definition) is 4. The van der Waals surface area contributed by atoms with Crippen LogP contribution in [0.4, 0.5) is 0 Å². The van der Waals surface area contributed by atoms with Gasteiger partial charge >= 0.3 is 0 Å². The molecule has 3 aromatic rings. The van der Waals surface area contributed by atoms with Gasteiger partial charge in [-0.3, -0.25) is 9.36 Å².